The molecule has 0 radical (unpaired) electrons. The van der Waals surface area contributed by atoms with Crippen molar-refractivity contribution in [3.63, 3.8) is 0 Å². The first kappa shape index (κ1) is 15.4. The molecule has 0 saturated carbocycles. The number of hydrogen-bond acceptors (Lipinski definition) is 3. The van der Waals surface area contributed by atoms with E-state index in [9.17, 15) is 13.2 Å². The fourth-order valence-corrected chi connectivity index (χ4v) is 1.82. The van der Waals surface area contributed by atoms with Gasteiger partial charge in [0.2, 0.25) is 0 Å². The quantitative estimate of drug-likeness (QED) is 0.784. The highest BCUT2D eigenvalue weighted by molar-refractivity contribution is 6.61. The topological polar surface area (TPSA) is 36.3 Å². The molecule has 1 atom stereocenters. The molecule has 8 heteroatoms. The molecule has 112 valence electrons. The number of rotatable bonds is 2. The summed E-state index contributed by atoms with van der Waals surface area (Å²) >= 11 is 0. The summed E-state index contributed by atoms with van der Waals surface area (Å²) in [5, 5.41) is 3.76. The van der Waals surface area contributed by atoms with E-state index >= 15 is 0 Å². The Labute approximate surface area is 116 Å². The Hall–Kier alpha value is -1.02. The van der Waals surface area contributed by atoms with Crippen molar-refractivity contribution in [3.05, 3.63) is 12.4 Å². The summed E-state index contributed by atoms with van der Waals surface area (Å²) < 4.78 is 50.4. The molecular weight excluding hydrogens is 272 g/mol. The molecule has 1 aliphatic heterocycles. The summed E-state index contributed by atoms with van der Waals surface area (Å²) in [4.78, 5) is 0. The van der Waals surface area contributed by atoms with Crippen molar-refractivity contribution in [2.45, 2.75) is 58.0 Å². The number of hydrogen-bond donors (Lipinski definition) is 0. The van der Waals surface area contributed by atoms with Gasteiger partial charge in [-0.2, -0.15) is 18.3 Å². The molecule has 1 fully saturated rings. The summed E-state index contributed by atoms with van der Waals surface area (Å²) in [7, 11) is -0.700. The smallest absolute Gasteiger partial charge is 0.399 e. The van der Waals surface area contributed by atoms with Gasteiger partial charge < -0.3 is 9.31 Å². The minimum atomic E-state index is -4.33. The van der Waals surface area contributed by atoms with Crippen molar-refractivity contribution >= 4 is 12.6 Å². The minimum absolute atomic E-state index is 0.486. The van der Waals surface area contributed by atoms with E-state index in [2.05, 4.69) is 5.10 Å². The van der Waals surface area contributed by atoms with E-state index in [0.717, 1.165) is 11.6 Å². The van der Waals surface area contributed by atoms with Gasteiger partial charge in [0, 0.05) is 17.9 Å². The van der Waals surface area contributed by atoms with Crippen LogP contribution in [0.2, 0.25) is 0 Å². The second kappa shape index (κ2) is 4.49. The Morgan fingerprint density at radius 2 is 1.70 bits per heavy atom. The number of alkyl halides is 3. The first-order valence-electron chi connectivity index (χ1n) is 6.40. The normalized spacial score (nSPS) is 23.1. The Balaban J connectivity index is 2.19. The second-order valence-electron chi connectivity index (χ2n) is 6.06. The van der Waals surface area contributed by atoms with Crippen LogP contribution in [0.25, 0.3) is 0 Å². The SMILES string of the molecule is CC(n1cc(B2OC(C)(C)C(C)(C)O2)cn1)C(F)(F)F. The lowest BCUT2D eigenvalue weighted by Crippen LogP contribution is -2.41. The molecule has 1 aliphatic rings. The first-order chi connectivity index (χ1) is 8.94. The van der Waals surface area contributed by atoms with Gasteiger partial charge in [0.15, 0.2) is 0 Å². The van der Waals surface area contributed by atoms with Gasteiger partial charge in [0.25, 0.3) is 0 Å². The van der Waals surface area contributed by atoms with Gasteiger partial charge in [-0.1, -0.05) is 0 Å². The second-order valence-corrected chi connectivity index (χ2v) is 6.06. The van der Waals surface area contributed by atoms with Gasteiger partial charge >= 0.3 is 13.3 Å². The standard InChI is InChI=1S/C12H18BF3N2O2/c1-8(12(14,15)16)18-7-9(6-17-18)13-19-10(2,3)11(4,5)20-13/h6-8H,1-5H3. The zero-order valence-corrected chi connectivity index (χ0v) is 12.2. The molecule has 1 unspecified atom stereocenters. The van der Waals surface area contributed by atoms with Crippen molar-refractivity contribution < 1.29 is 22.5 Å². The number of aromatic nitrogens is 2. The average Bonchev–Trinajstić information content (AvgIpc) is 2.80. The third kappa shape index (κ3) is 2.58. The molecule has 0 bridgehead atoms. The highest BCUT2D eigenvalue weighted by atomic mass is 19.4. The van der Waals surface area contributed by atoms with Crippen LogP contribution in [-0.4, -0.2) is 34.3 Å². The number of nitrogens with zero attached hydrogens (tertiary/aromatic N) is 2. The van der Waals surface area contributed by atoms with Crippen molar-refractivity contribution in [2.24, 2.45) is 0 Å². The number of halogens is 3. The molecule has 0 aromatic carbocycles. The van der Waals surface area contributed by atoms with Crippen LogP contribution in [0.5, 0.6) is 0 Å². The van der Waals surface area contributed by atoms with Crippen LogP contribution in [0, 0.1) is 0 Å². The fourth-order valence-electron chi connectivity index (χ4n) is 1.82. The van der Waals surface area contributed by atoms with E-state index in [-0.39, 0.29) is 0 Å². The van der Waals surface area contributed by atoms with Crippen LogP contribution >= 0.6 is 0 Å². The highest BCUT2D eigenvalue weighted by Gasteiger charge is 2.52. The van der Waals surface area contributed by atoms with E-state index in [1.165, 1.54) is 12.4 Å². The molecule has 1 aromatic heterocycles. The predicted octanol–water partition coefficient (Wildman–Crippen LogP) is 2.31. The molecule has 0 aliphatic carbocycles. The van der Waals surface area contributed by atoms with E-state index < -0.39 is 30.5 Å². The Morgan fingerprint density at radius 1 is 1.20 bits per heavy atom. The molecule has 2 rings (SSSR count). The maximum atomic E-state index is 12.6. The van der Waals surface area contributed by atoms with Crippen LogP contribution in [0.15, 0.2) is 12.4 Å². The van der Waals surface area contributed by atoms with Crippen molar-refractivity contribution in [3.8, 4) is 0 Å². The molecule has 0 N–H and O–H groups in total. The maximum absolute atomic E-state index is 12.6. The fraction of sp³-hybridized carbons (Fsp3) is 0.750. The summed E-state index contributed by atoms with van der Waals surface area (Å²) in [6.45, 7) is 8.60. The van der Waals surface area contributed by atoms with Crippen LogP contribution in [0.3, 0.4) is 0 Å². The third-order valence-corrected chi connectivity index (χ3v) is 4.02. The zero-order chi connectivity index (χ0) is 15.3. The van der Waals surface area contributed by atoms with E-state index in [4.69, 9.17) is 9.31 Å². The Kier molecular flexibility index (Phi) is 3.45. The lowest BCUT2D eigenvalue weighted by molar-refractivity contribution is -0.165. The molecule has 20 heavy (non-hydrogen) atoms. The van der Waals surface area contributed by atoms with Crippen LogP contribution in [0.1, 0.15) is 40.7 Å². The van der Waals surface area contributed by atoms with E-state index in [1.54, 1.807) is 0 Å². The molecule has 4 nitrogen and oxygen atoms in total. The van der Waals surface area contributed by atoms with Gasteiger partial charge in [0.1, 0.15) is 6.04 Å². The average molecular weight is 290 g/mol. The summed E-state index contributed by atoms with van der Waals surface area (Å²) in [5.74, 6) is 0. The first-order valence-corrected chi connectivity index (χ1v) is 6.40. The summed E-state index contributed by atoms with van der Waals surface area (Å²) in [6, 6.07) is -1.68. The summed E-state index contributed by atoms with van der Waals surface area (Å²) in [5.41, 5.74) is -0.579. The van der Waals surface area contributed by atoms with Gasteiger partial charge in [-0.05, 0) is 34.6 Å². The van der Waals surface area contributed by atoms with Gasteiger partial charge in [-0.15, -0.1) is 0 Å². The Bertz CT molecular complexity index is 483. The Morgan fingerprint density at radius 3 is 2.15 bits per heavy atom. The molecule has 1 aromatic rings. The molecule has 0 amide bonds. The van der Waals surface area contributed by atoms with E-state index in [1.807, 2.05) is 27.7 Å². The largest absolute Gasteiger partial charge is 0.498 e. The highest BCUT2D eigenvalue weighted by Crippen LogP contribution is 2.36. The zero-order valence-electron chi connectivity index (χ0n) is 12.2. The monoisotopic (exact) mass is 290 g/mol. The molecule has 0 spiro atoms. The van der Waals surface area contributed by atoms with Crippen molar-refractivity contribution in [1.82, 2.24) is 9.78 Å². The maximum Gasteiger partial charge on any atom is 0.498 e. The van der Waals surface area contributed by atoms with Crippen LogP contribution in [0.4, 0.5) is 13.2 Å². The molecule has 1 saturated heterocycles. The lowest BCUT2D eigenvalue weighted by Gasteiger charge is -2.32. The van der Waals surface area contributed by atoms with Crippen LogP contribution in [-0.2, 0) is 9.31 Å². The van der Waals surface area contributed by atoms with Crippen molar-refractivity contribution in [2.75, 3.05) is 0 Å². The summed E-state index contributed by atoms with van der Waals surface area (Å²) in [6.07, 6.45) is -1.66. The minimum Gasteiger partial charge on any atom is -0.399 e. The third-order valence-electron chi connectivity index (χ3n) is 4.02. The van der Waals surface area contributed by atoms with Gasteiger partial charge in [-0.3, -0.25) is 4.68 Å². The lowest BCUT2D eigenvalue weighted by atomic mass is 9.82. The predicted molar refractivity (Wildman–Crippen MR) is 68.7 cm³/mol. The van der Waals surface area contributed by atoms with Gasteiger partial charge in [0.05, 0.1) is 11.2 Å². The van der Waals surface area contributed by atoms with E-state index in [0.29, 0.717) is 5.46 Å². The van der Waals surface area contributed by atoms with Gasteiger partial charge in [-0.25, -0.2) is 0 Å². The van der Waals surface area contributed by atoms with Crippen molar-refractivity contribution in [1.29, 1.82) is 0 Å². The van der Waals surface area contributed by atoms with Crippen LogP contribution < -0.4 is 5.46 Å². The molecular formula is C12H18BF3N2O2. The molecule has 2 heterocycles.